The maximum absolute atomic E-state index is 13.1. The summed E-state index contributed by atoms with van der Waals surface area (Å²) in [5.41, 5.74) is 1.05. The number of hydrogen-bond acceptors (Lipinski definition) is 7. The van der Waals surface area contributed by atoms with Crippen molar-refractivity contribution in [3.05, 3.63) is 46.8 Å². The molecular weight excluding hydrogens is 464 g/mol. The number of piperazine rings is 1. The lowest BCUT2D eigenvalue weighted by Crippen LogP contribution is -2.51. The number of hydrogen-bond donors (Lipinski definition) is 0. The minimum atomic E-state index is -3.42. The van der Waals surface area contributed by atoms with Gasteiger partial charge in [0.15, 0.2) is 0 Å². The Balaban J connectivity index is 1.12. The second-order valence-electron chi connectivity index (χ2n) is 8.29. The third-order valence-electron chi connectivity index (χ3n) is 6.27. The maximum Gasteiger partial charge on any atom is 0.252 e. The van der Waals surface area contributed by atoms with Crippen molar-refractivity contribution in [2.45, 2.75) is 23.6 Å². The Bertz CT molecular complexity index is 1140. The number of para-hydroxylation sites is 1. The van der Waals surface area contributed by atoms with Gasteiger partial charge >= 0.3 is 0 Å². The molecule has 2 fully saturated rings. The minimum Gasteiger partial charge on any atom is -0.340 e. The Morgan fingerprint density at radius 3 is 2.44 bits per heavy atom. The molecule has 2 aromatic heterocycles. The highest BCUT2D eigenvalue weighted by Gasteiger charge is 2.35. The van der Waals surface area contributed by atoms with Crippen LogP contribution in [-0.4, -0.2) is 72.7 Å². The number of aromatic nitrogens is 1. The Kier molecular flexibility index (Phi) is 6.31. The molecule has 0 bridgehead atoms. The van der Waals surface area contributed by atoms with Gasteiger partial charge in [-0.15, -0.1) is 22.7 Å². The van der Waals surface area contributed by atoms with Crippen molar-refractivity contribution in [2.24, 2.45) is 5.92 Å². The summed E-state index contributed by atoms with van der Waals surface area (Å²) in [5.74, 6) is 0.0957. The van der Waals surface area contributed by atoms with Gasteiger partial charge in [0.05, 0.1) is 16.8 Å². The fourth-order valence-electron chi connectivity index (χ4n) is 4.44. The van der Waals surface area contributed by atoms with Gasteiger partial charge in [0.1, 0.15) is 9.22 Å². The van der Waals surface area contributed by atoms with Crippen LogP contribution in [0.4, 0.5) is 0 Å². The summed E-state index contributed by atoms with van der Waals surface area (Å²) in [6.07, 6.45) is 1.19. The molecule has 2 aliphatic rings. The van der Waals surface area contributed by atoms with E-state index in [2.05, 4.69) is 11.0 Å². The lowest BCUT2D eigenvalue weighted by molar-refractivity contribution is -0.138. The van der Waals surface area contributed by atoms with Gasteiger partial charge in [0.2, 0.25) is 5.91 Å². The van der Waals surface area contributed by atoms with E-state index >= 15 is 0 Å². The maximum atomic E-state index is 13.1. The van der Waals surface area contributed by atoms with Crippen LogP contribution in [0.2, 0.25) is 0 Å². The zero-order valence-electron chi connectivity index (χ0n) is 17.7. The number of thiophene rings is 1. The monoisotopic (exact) mass is 490 g/mol. The number of carbonyl (C=O) groups is 1. The van der Waals surface area contributed by atoms with E-state index in [4.69, 9.17) is 4.98 Å². The summed E-state index contributed by atoms with van der Waals surface area (Å²) in [7, 11) is -3.42. The van der Waals surface area contributed by atoms with Crippen molar-refractivity contribution in [2.75, 3.05) is 39.3 Å². The van der Waals surface area contributed by atoms with Crippen molar-refractivity contribution in [1.82, 2.24) is 19.1 Å². The average molecular weight is 491 g/mol. The molecule has 0 unspecified atom stereocenters. The van der Waals surface area contributed by atoms with Gasteiger partial charge in [0, 0.05) is 45.2 Å². The van der Waals surface area contributed by atoms with Gasteiger partial charge in [-0.3, -0.25) is 9.69 Å². The number of nitrogens with zero attached hydrogens (tertiary/aromatic N) is 4. The second-order valence-corrected chi connectivity index (χ2v) is 12.5. The van der Waals surface area contributed by atoms with Gasteiger partial charge < -0.3 is 4.90 Å². The number of carbonyl (C=O) groups excluding carboxylic acids is 1. The van der Waals surface area contributed by atoms with Crippen LogP contribution < -0.4 is 0 Å². The normalized spacial score (nSPS) is 19.6. The summed E-state index contributed by atoms with van der Waals surface area (Å²) in [5, 5.41) is 2.89. The molecule has 0 radical (unpaired) electrons. The Hall–Kier alpha value is -1.85. The Morgan fingerprint density at radius 1 is 1.00 bits per heavy atom. The van der Waals surface area contributed by atoms with Crippen molar-refractivity contribution in [3.63, 3.8) is 0 Å². The summed E-state index contributed by atoms with van der Waals surface area (Å²) in [4.78, 5) is 22.1. The van der Waals surface area contributed by atoms with Gasteiger partial charge in [-0.1, -0.05) is 18.2 Å². The van der Waals surface area contributed by atoms with Crippen LogP contribution in [0.5, 0.6) is 0 Å². The van der Waals surface area contributed by atoms with Crippen LogP contribution in [0.25, 0.3) is 10.2 Å². The molecule has 2 aliphatic heterocycles. The number of piperidine rings is 1. The summed E-state index contributed by atoms with van der Waals surface area (Å²) >= 11 is 2.98. The molecule has 5 rings (SSSR count). The molecule has 1 amide bonds. The van der Waals surface area contributed by atoms with Gasteiger partial charge in [-0.2, -0.15) is 4.31 Å². The van der Waals surface area contributed by atoms with E-state index in [0.717, 1.165) is 43.2 Å². The molecule has 0 aliphatic carbocycles. The molecule has 170 valence electrons. The third-order valence-corrected chi connectivity index (χ3v) is 10.6. The van der Waals surface area contributed by atoms with Crippen molar-refractivity contribution in [1.29, 1.82) is 0 Å². The number of rotatable bonds is 5. The SMILES string of the molecule is O=C(C1CCN(S(=O)(=O)c2cccs2)CC1)N1CCN(Cc2nc3ccccc3s2)CC1. The highest BCUT2D eigenvalue weighted by molar-refractivity contribution is 7.91. The molecule has 2 saturated heterocycles. The highest BCUT2D eigenvalue weighted by atomic mass is 32.2. The predicted octanol–water partition coefficient (Wildman–Crippen LogP) is 3.10. The van der Waals surface area contributed by atoms with E-state index in [1.165, 1.54) is 20.3 Å². The Morgan fingerprint density at radius 2 is 1.75 bits per heavy atom. The third kappa shape index (κ3) is 4.47. The molecule has 1 aromatic carbocycles. The standard InChI is InChI=1S/C22H26N4O3S3/c27-22(17-7-9-26(10-8-17)32(28,29)21-6-3-15-30-21)25-13-11-24(12-14-25)16-20-23-18-4-1-2-5-19(18)31-20/h1-6,15,17H,7-14,16H2. The fourth-order valence-corrected chi connectivity index (χ4v) is 8.07. The molecule has 0 saturated carbocycles. The van der Waals surface area contributed by atoms with Crippen LogP contribution in [0.15, 0.2) is 46.0 Å². The minimum absolute atomic E-state index is 0.0828. The first-order valence-electron chi connectivity index (χ1n) is 10.9. The fraction of sp³-hybridized carbons (Fsp3) is 0.455. The number of amides is 1. The first-order chi connectivity index (χ1) is 15.5. The number of benzene rings is 1. The molecular formula is C22H26N4O3S3. The predicted molar refractivity (Wildman–Crippen MR) is 127 cm³/mol. The molecule has 0 atom stereocenters. The Labute approximate surface area is 196 Å². The second kappa shape index (κ2) is 9.18. The zero-order valence-corrected chi connectivity index (χ0v) is 20.2. The van der Waals surface area contributed by atoms with Crippen LogP contribution in [0.3, 0.4) is 0 Å². The quantitative estimate of drug-likeness (QED) is 0.550. The van der Waals surface area contributed by atoms with E-state index in [1.54, 1.807) is 28.8 Å². The lowest BCUT2D eigenvalue weighted by atomic mass is 9.96. The van der Waals surface area contributed by atoms with E-state index in [-0.39, 0.29) is 11.8 Å². The largest absolute Gasteiger partial charge is 0.340 e. The summed E-state index contributed by atoms with van der Waals surface area (Å²) < 4.78 is 28.5. The first kappa shape index (κ1) is 22.0. The smallest absolute Gasteiger partial charge is 0.252 e. The van der Waals surface area contributed by atoms with E-state index in [1.807, 2.05) is 23.1 Å². The van der Waals surface area contributed by atoms with Crippen molar-refractivity contribution < 1.29 is 13.2 Å². The van der Waals surface area contributed by atoms with Crippen LogP contribution in [0.1, 0.15) is 17.8 Å². The van der Waals surface area contributed by atoms with E-state index in [0.29, 0.717) is 30.1 Å². The summed E-state index contributed by atoms with van der Waals surface area (Å²) in [6, 6.07) is 11.6. The van der Waals surface area contributed by atoms with Gasteiger partial charge in [-0.05, 0) is 36.4 Å². The van der Waals surface area contributed by atoms with Gasteiger partial charge in [-0.25, -0.2) is 13.4 Å². The number of fused-ring (bicyclic) bond motifs is 1. The van der Waals surface area contributed by atoms with Gasteiger partial charge in [0.25, 0.3) is 10.0 Å². The van der Waals surface area contributed by atoms with Crippen LogP contribution in [0, 0.1) is 5.92 Å². The van der Waals surface area contributed by atoms with E-state index < -0.39 is 10.0 Å². The number of sulfonamides is 1. The zero-order chi connectivity index (χ0) is 22.1. The molecule has 0 N–H and O–H groups in total. The summed E-state index contributed by atoms with van der Waals surface area (Å²) in [6.45, 7) is 4.76. The number of thiazole rings is 1. The van der Waals surface area contributed by atoms with Crippen LogP contribution in [-0.2, 0) is 21.4 Å². The molecule has 10 heteroatoms. The molecule has 0 spiro atoms. The molecule has 32 heavy (non-hydrogen) atoms. The van der Waals surface area contributed by atoms with E-state index in [9.17, 15) is 13.2 Å². The highest BCUT2D eigenvalue weighted by Crippen LogP contribution is 2.28. The topological polar surface area (TPSA) is 73.8 Å². The molecule has 3 aromatic rings. The molecule has 7 nitrogen and oxygen atoms in total. The first-order valence-corrected chi connectivity index (χ1v) is 14.0. The molecule has 4 heterocycles. The van der Waals surface area contributed by atoms with Crippen molar-refractivity contribution >= 4 is 48.8 Å². The average Bonchev–Trinajstić information content (AvgIpc) is 3.49. The lowest BCUT2D eigenvalue weighted by Gasteiger charge is -2.38. The van der Waals surface area contributed by atoms with Crippen molar-refractivity contribution in [3.8, 4) is 0 Å². The van der Waals surface area contributed by atoms with Crippen LogP contribution >= 0.6 is 22.7 Å².